The van der Waals surface area contributed by atoms with Gasteiger partial charge in [-0.25, -0.2) is 0 Å². The quantitative estimate of drug-likeness (QED) is 0.221. The summed E-state index contributed by atoms with van der Waals surface area (Å²) in [6.45, 7) is 2.53. The molecule has 156 valence electrons. The van der Waals surface area contributed by atoms with Crippen LogP contribution < -0.4 is 9.47 Å². The van der Waals surface area contributed by atoms with Gasteiger partial charge in [0.2, 0.25) is 0 Å². The fourth-order valence-electron chi connectivity index (χ4n) is 2.80. The maximum atomic E-state index is 12.4. The van der Waals surface area contributed by atoms with Crippen LogP contribution in [0, 0.1) is 10.1 Å². The van der Waals surface area contributed by atoms with E-state index in [1.165, 1.54) is 31.0 Å². The monoisotopic (exact) mass is 508 g/mol. The van der Waals surface area contributed by atoms with Gasteiger partial charge in [-0.2, -0.15) is 0 Å². The van der Waals surface area contributed by atoms with Crippen LogP contribution in [0.4, 0.5) is 5.69 Å². The standard InChI is InChI=1S/C20H17BrN2O5S2/c1-3-22-19(24)17(30-20(22)29)10-13-8-15(21)18(16(9-13)27-2)28-11-12-5-4-6-14(7-12)23(25)26/h4-10H,3,11H2,1-2H3/b17-10-. The molecule has 7 nitrogen and oxygen atoms in total. The SMILES string of the molecule is CCN1C(=O)/C(=C/c2cc(Br)c(OCc3cccc([N+](=O)[O-])c3)c(OC)c2)SC1=S. The van der Waals surface area contributed by atoms with Crippen LogP contribution in [0.15, 0.2) is 45.8 Å². The summed E-state index contributed by atoms with van der Waals surface area (Å²) in [7, 11) is 1.52. The zero-order valence-electron chi connectivity index (χ0n) is 16.1. The van der Waals surface area contributed by atoms with E-state index in [9.17, 15) is 14.9 Å². The van der Waals surface area contributed by atoms with Gasteiger partial charge in [0.25, 0.3) is 11.6 Å². The average molecular weight is 509 g/mol. The number of hydrogen-bond acceptors (Lipinski definition) is 7. The van der Waals surface area contributed by atoms with E-state index in [2.05, 4.69) is 15.9 Å². The van der Waals surface area contributed by atoms with E-state index in [0.29, 0.717) is 37.3 Å². The van der Waals surface area contributed by atoms with Crippen LogP contribution in [0.2, 0.25) is 0 Å². The predicted molar refractivity (Wildman–Crippen MR) is 124 cm³/mol. The van der Waals surface area contributed by atoms with Crippen molar-refractivity contribution < 1.29 is 19.2 Å². The molecule has 1 heterocycles. The Labute approximate surface area is 191 Å². The number of hydrogen-bond donors (Lipinski definition) is 0. The molecule has 0 aliphatic carbocycles. The maximum Gasteiger partial charge on any atom is 0.269 e. The summed E-state index contributed by atoms with van der Waals surface area (Å²) in [6.07, 6.45) is 1.76. The lowest BCUT2D eigenvalue weighted by Crippen LogP contribution is -2.27. The van der Waals surface area contributed by atoms with Crippen LogP contribution >= 0.6 is 39.9 Å². The van der Waals surface area contributed by atoms with Crippen molar-refractivity contribution in [3.8, 4) is 11.5 Å². The molecule has 2 aromatic rings. The molecule has 0 atom stereocenters. The first-order valence-corrected chi connectivity index (χ1v) is 10.8. The third-order valence-corrected chi connectivity index (χ3v) is 6.21. The highest BCUT2D eigenvalue weighted by molar-refractivity contribution is 9.10. The molecule has 3 rings (SSSR count). The second-order valence-electron chi connectivity index (χ2n) is 6.18. The molecule has 0 aromatic heterocycles. The summed E-state index contributed by atoms with van der Waals surface area (Å²) < 4.78 is 12.5. The van der Waals surface area contributed by atoms with Gasteiger partial charge in [-0.1, -0.05) is 36.1 Å². The normalized spacial score (nSPS) is 15.0. The molecule has 0 unspecified atom stereocenters. The lowest BCUT2D eigenvalue weighted by molar-refractivity contribution is -0.384. The van der Waals surface area contributed by atoms with E-state index in [-0.39, 0.29) is 18.2 Å². The number of halogens is 1. The lowest BCUT2D eigenvalue weighted by atomic mass is 10.1. The minimum Gasteiger partial charge on any atom is -0.493 e. The highest BCUT2D eigenvalue weighted by atomic mass is 79.9. The summed E-state index contributed by atoms with van der Waals surface area (Å²) in [5.41, 5.74) is 1.41. The van der Waals surface area contributed by atoms with Crippen LogP contribution in [0.25, 0.3) is 6.08 Å². The van der Waals surface area contributed by atoms with E-state index in [4.69, 9.17) is 21.7 Å². The van der Waals surface area contributed by atoms with Gasteiger partial charge in [-0.3, -0.25) is 19.8 Å². The Morgan fingerprint density at radius 3 is 2.73 bits per heavy atom. The fourth-order valence-corrected chi connectivity index (χ4v) is 4.76. The third-order valence-electron chi connectivity index (χ3n) is 4.24. The minimum atomic E-state index is -0.448. The number of amides is 1. The van der Waals surface area contributed by atoms with Crippen LogP contribution in [0.5, 0.6) is 11.5 Å². The molecular formula is C20H17BrN2O5S2. The average Bonchev–Trinajstić information content (AvgIpc) is 2.99. The number of methoxy groups -OCH3 is 1. The number of ether oxygens (including phenoxy) is 2. The number of likely N-dealkylation sites (N-methyl/N-ethyl adjacent to an activating group) is 1. The number of nitro benzene ring substituents is 1. The smallest absolute Gasteiger partial charge is 0.269 e. The largest absolute Gasteiger partial charge is 0.493 e. The van der Waals surface area contributed by atoms with Crippen molar-refractivity contribution in [2.45, 2.75) is 13.5 Å². The molecule has 2 aromatic carbocycles. The molecule has 1 aliphatic rings. The van der Waals surface area contributed by atoms with Gasteiger partial charge < -0.3 is 9.47 Å². The van der Waals surface area contributed by atoms with Crippen molar-refractivity contribution in [3.05, 3.63) is 67.0 Å². The lowest BCUT2D eigenvalue weighted by Gasteiger charge is -2.14. The first-order valence-electron chi connectivity index (χ1n) is 8.83. The molecule has 1 amide bonds. The van der Waals surface area contributed by atoms with E-state index >= 15 is 0 Å². The van der Waals surface area contributed by atoms with Crippen molar-refractivity contribution >= 4 is 61.9 Å². The van der Waals surface area contributed by atoms with Gasteiger partial charge in [0.15, 0.2) is 11.5 Å². The number of carbonyl (C=O) groups excluding carboxylic acids is 1. The van der Waals surface area contributed by atoms with Crippen molar-refractivity contribution in [1.82, 2.24) is 4.90 Å². The molecule has 0 N–H and O–H groups in total. The van der Waals surface area contributed by atoms with Crippen LogP contribution in [0.3, 0.4) is 0 Å². The van der Waals surface area contributed by atoms with E-state index in [1.54, 1.807) is 29.2 Å². The van der Waals surface area contributed by atoms with Gasteiger partial charge in [-0.05, 0) is 52.2 Å². The molecule has 0 radical (unpaired) electrons. The summed E-state index contributed by atoms with van der Waals surface area (Å²) in [4.78, 5) is 25.0. The highest BCUT2D eigenvalue weighted by Gasteiger charge is 2.30. The number of rotatable bonds is 7. The number of thioether (sulfide) groups is 1. The number of benzene rings is 2. The van der Waals surface area contributed by atoms with E-state index < -0.39 is 4.92 Å². The van der Waals surface area contributed by atoms with E-state index in [1.807, 2.05) is 13.0 Å². The van der Waals surface area contributed by atoms with Gasteiger partial charge >= 0.3 is 0 Å². The number of non-ortho nitro benzene ring substituents is 1. The molecule has 1 fully saturated rings. The Hall–Kier alpha value is -2.43. The summed E-state index contributed by atoms with van der Waals surface area (Å²) in [5, 5.41) is 10.9. The first kappa shape index (κ1) is 22.3. The van der Waals surface area contributed by atoms with Crippen molar-refractivity contribution in [3.63, 3.8) is 0 Å². The number of carbonyl (C=O) groups is 1. The van der Waals surface area contributed by atoms with Gasteiger partial charge in [0.05, 0.1) is 21.4 Å². The minimum absolute atomic E-state index is 0.00173. The van der Waals surface area contributed by atoms with Crippen LogP contribution in [-0.4, -0.2) is 33.7 Å². The van der Waals surface area contributed by atoms with Crippen molar-refractivity contribution in [2.24, 2.45) is 0 Å². The maximum absolute atomic E-state index is 12.4. The second kappa shape index (κ2) is 9.59. The summed E-state index contributed by atoms with van der Waals surface area (Å²) in [6, 6.07) is 9.81. The molecule has 0 bridgehead atoms. The zero-order valence-corrected chi connectivity index (χ0v) is 19.3. The first-order chi connectivity index (χ1) is 14.3. The van der Waals surface area contributed by atoms with Gasteiger partial charge in [0, 0.05) is 18.7 Å². The van der Waals surface area contributed by atoms with Gasteiger partial charge in [-0.15, -0.1) is 0 Å². The van der Waals surface area contributed by atoms with Crippen LogP contribution in [-0.2, 0) is 11.4 Å². The third kappa shape index (κ3) is 4.82. The molecule has 0 saturated carbocycles. The zero-order chi connectivity index (χ0) is 21.8. The van der Waals surface area contributed by atoms with Crippen LogP contribution in [0.1, 0.15) is 18.1 Å². The Bertz CT molecular complexity index is 1060. The van der Waals surface area contributed by atoms with E-state index in [0.717, 1.165) is 5.56 Å². The molecular weight excluding hydrogens is 492 g/mol. The van der Waals surface area contributed by atoms with Crippen molar-refractivity contribution in [2.75, 3.05) is 13.7 Å². The Morgan fingerprint density at radius 2 is 2.10 bits per heavy atom. The molecule has 1 aliphatic heterocycles. The highest BCUT2D eigenvalue weighted by Crippen LogP contribution is 2.39. The number of nitro groups is 1. The fraction of sp³-hybridized carbons (Fsp3) is 0.200. The summed E-state index contributed by atoms with van der Waals surface area (Å²) >= 11 is 9.99. The Kier molecular flexibility index (Phi) is 7.11. The summed E-state index contributed by atoms with van der Waals surface area (Å²) in [5.74, 6) is 0.808. The number of thiocarbonyl (C=S) groups is 1. The van der Waals surface area contributed by atoms with Gasteiger partial charge in [0.1, 0.15) is 10.9 Å². The molecule has 30 heavy (non-hydrogen) atoms. The topological polar surface area (TPSA) is 81.9 Å². The van der Waals surface area contributed by atoms with Crippen molar-refractivity contribution in [1.29, 1.82) is 0 Å². The number of nitrogens with zero attached hydrogens (tertiary/aromatic N) is 2. The molecule has 1 saturated heterocycles. The molecule has 10 heteroatoms. The Morgan fingerprint density at radius 1 is 1.33 bits per heavy atom. The predicted octanol–water partition coefficient (Wildman–Crippen LogP) is 5.17. The Balaban J connectivity index is 1.84. The second-order valence-corrected chi connectivity index (χ2v) is 8.71. The molecule has 0 spiro atoms.